The van der Waals surface area contributed by atoms with Crippen LogP contribution in [0.5, 0.6) is 11.6 Å². The van der Waals surface area contributed by atoms with Gasteiger partial charge < -0.3 is 9.47 Å². The molecule has 25 heavy (non-hydrogen) atoms. The Hall–Kier alpha value is -2.94. The van der Waals surface area contributed by atoms with Crippen molar-refractivity contribution in [1.29, 1.82) is 5.26 Å². The highest BCUT2D eigenvalue weighted by Gasteiger charge is 2.20. The minimum absolute atomic E-state index is 0.115. The van der Waals surface area contributed by atoms with E-state index in [4.69, 9.17) is 9.47 Å². The molecule has 0 unspecified atom stereocenters. The molecule has 0 radical (unpaired) electrons. The molecule has 1 aliphatic rings. The van der Waals surface area contributed by atoms with E-state index in [0.29, 0.717) is 17.3 Å². The molecular weight excluding hydrogens is 321 g/mol. The monoisotopic (exact) mass is 339 g/mol. The van der Waals surface area contributed by atoms with Crippen molar-refractivity contribution in [3.63, 3.8) is 0 Å². The lowest BCUT2D eigenvalue weighted by Gasteiger charge is -2.15. The maximum absolute atomic E-state index is 13.8. The second kappa shape index (κ2) is 7.75. The first kappa shape index (κ1) is 16.9. The zero-order valence-electron chi connectivity index (χ0n) is 13.9. The normalized spacial score (nSPS) is 15.0. The van der Waals surface area contributed by atoms with E-state index in [0.717, 1.165) is 31.9 Å². The Bertz CT molecular complexity index is 824. The van der Waals surface area contributed by atoms with E-state index in [2.05, 4.69) is 16.0 Å². The van der Waals surface area contributed by atoms with Crippen molar-refractivity contribution in [1.82, 2.24) is 9.97 Å². The molecule has 1 saturated carbocycles. The molecule has 2 aromatic rings. The zero-order chi connectivity index (χ0) is 17.6. The predicted octanol–water partition coefficient (Wildman–Crippen LogP) is 4.01. The Kier molecular flexibility index (Phi) is 5.24. The third kappa shape index (κ3) is 3.94. The standard InChI is InChI=1S/C19H18FN3O2/c1-24-18-7-6-17(23-19(18)25-15-4-2-3-5-15)14(11-21)10-13-8-9-22-12-16(13)20/h6-10,12,15H,2-5H2,1H3/b14-10+. The molecule has 0 bridgehead atoms. The quantitative estimate of drug-likeness (QED) is 0.770. The molecule has 2 heterocycles. The highest BCUT2D eigenvalue weighted by atomic mass is 19.1. The summed E-state index contributed by atoms with van der Waals surface area (Å²) < 4.78 is 25.0. The van der Waals surface area contributed by atoms with Gasteiger partial charge in [-0.15, -0.1) is 0 Å². The van der Waals surface area contributed by atoms with Gasteiger partial charge in [0.1, 0.15) is 18.0 Å². The maximum Gasteiger partial charge on any atom is 0.257 e. The average molecular weight is 339 g/mol. The number of ether oxygens (including phenoxy) is 2. The molecule has 0 atom stereocenters. The third-order valence-electron chi connectivity index (χ3n) is 4.13. The molecular formula is C19H18FN3O2. The van der Waals surface area contributed by atoms with Crippen LogP contribution in [0.2, 0.25) is 0 Å². The van der Waals surface area contributed by atoms with Crippen LogP contribution in [0.4, 0.5) is 4.39 Å². The Morgan fingerprint density at radius 1 is 1.32 bits per heavy atom. The Labute approximate surface area is 145 Å². The summed E-state index contributed by atoms with van der Waals surface area (Å²) >= 11 is 0. The minimum Gasteiger partial charge on any atom is -0.491 e. The highest BCUT2D eigenvalue weighted by molar-refractivity contribution is 5.88. The number of hydrogen-bond donors (Lipinski definition) is 0. The summed E-state index contributed by atoms with van der Waals surface area (Å²) in [5, 5.41) is 9.46. The van der Waals surface area contributed by atoms with Gasteiger partial charge in [0.25, 0.3) is 5.88 Å². The SMILES string of the molecule is COc1ccc(/C(C#N)=C/c2ccncc2F)nc1OC1CCCC1. The summed E-state index contributed by atoms with van der Waals surface area (Å²) in [6.07, 6.45) is 8.39. The molecule has 128 valence electrons. The number of halogens is 1. The van der Waals surface area contributed by atoms with Gasteiger partial charge in [0.15, 0.2) is 5.75 Å². The molecule has 0 amide bonds. The van der Waals surface area contributed by atoms with E-state index < -0.39 is 5.82 Å². The second-order valence-corrected chi connectivity index (χ2v) is 5.80. The predicted molar refractivity (Wildman–Crippen MR) is 91.4 cm³/mol. The number of nitriles is 1. The van der Waals surface area contributed by atoms with Crippen molar-refractivity contribution < 1.29 is 13.9 Å². The van der Waals surface area contributed by atoms with Gasteiger partial charge in [0.05, 0.1) is 24.6 Å². The van der Waals surface area contributed by atoms with Crippen LogP contribution in [0.1, 0.15) is 36.9 Å². The summed E-state index contributed by atoms with van der Waals surface area (Å²) in [5.74, 6) is 0.387. The van der Waals surface area contributed by atoms with Crippen LogP contribution in [0.3, 0.4) is 0 Å². The molecule has 0 saturated heterocycles. The molecule has 0 aromatic carbocycles. The summed E-state index contributed by atoms with van der Waals surface area (Å²) in [4.78, 5) is 8.13. The smallest absolute Gasteiger partial charge is 0.257 e. The van der Waals surface area contributed by atoms with Crippen LogP contribution in [-0.4, -0.2) is 23.2 Å². The van der Waals surface area contributed by atoms with Gasteiger partial charge >= 0.3 is 0 Å². The van der Waals surface area contributed by atoms with Crippen molar-refractivity contribution in [3.05, 3.63) is 47.7 Å². The molecule has 3 rings (SSSR count). The molecule has 6 heteroatoms. The van der Waals surface area contributed by atoms with E-state index >= 15 is 0 Å². The Morgan fingerprint density at radius 3 is 2.80 bits per heavy atom. The van der Waals surface area contributed by atoms with Crippen LogP contribution < -0.4 is 9.47 Å². The number of methoxy groups -OCH3 is 1. The Balaban J connectivity index is 1.95. The molecule has 2 aromatic heterocycles. The van der Waals surface area contributed by atoms with Gasteiger partial charge in [-0.3, -0.25) is 4.98 Å². The van der Waals surface area contributed by atoms with E-state index in [1.807, 2.05) is 0 Å². The largest absolute Gasteiger partial charge is 0.491 e. The molecule has 0 spiro atoms. The summed E-state index contributed by atoms with van der Waals surface area (Å²) in [6.45, 7) is 0. The third-order valence-corrected chi connectivity index (χ3v) is 4.13. The van der Waals surface area contributed by atoms with Crippen molar-refractivity contribution in [2.45, 2.75) is 31.8 Å². The fourth-order valence-corrected chi connectivity index (χ4v) is 2.80. The van der Waals surface area contributed by atoms with E-state index in [-0.39, 0.29) is 17.2 Å². The second-order valence-electron chi connectivity index (χ2n) is 5.80. The van der Waals surface area contributed by atoms with Gasteiger partial charge in [0, 0.05) is 11.8 Å². The first-order chi connectivity index (χ1) is 12.2. The number of pyridine rings is 2. The lowest BCUT2D eigenvalue weighted by Crippen LogP contribution is -2.13. The van der Waals surface area contributed by atoms with Crippen molar-refractivity contribution >= 4 is 11.6 Å². The maximum atomic E-state index is 13.8. The number of rotatable bonds is 5. The van der Waals surface area contributed by atoms with Crippen LogP contribution in [-0.2, 0) is 0 Å². The highest BCUT2D eigenvalue weighted by Crippen LogP contribution is 2.31. The number of nitrogens with zero attached hydrogens (tertiary/aromatic N) is 3. The molecule has 0 N–H and O–H groups in total. The Morgan fingerprint density at radius 2 is 2.12 bits per heavy atom. The number of aromatic nitrogens is 2. The zero-order valence-corrected chi connectivity index (χ0v) is 13.9. The lowest BCUT2D eigenvalue weighted by atomic mass is 10.1. The first-order valence-corrected chi connectivity index (χ1v) is 8.14. The van der Waals surface area contributed by atoms with Crippen molar-refractivity contribution in [2.24, 2.45) is 0 Å². The first-order valence-electron chi connectivity index (χ1n) is 8.14. The van der Waals surface area contributed by atoms with E-state index in [1.165, 1.54) is 18.3 Å². The van der Waals surface area contributed by atoms with Gasteiger partial charge in [-0.05, 0) is 50.0 Å². The van der Waals surface area contributed by atoms with Crippen LogP contribution >= 0.6 is 0 Å². The summed E-state index contributed by atoms with van der Waals surface area (Å²) in [7, 11) is 1.55. The fourth-order valence-electron chi connectivity index (χ4n) is 2.80. The number of hydrogen-bond acceptors (Lipinski definition) is 5. The van der Waals surface area contributed by atoms with Gasteiger partial charge in [-0.2, -0.15) is 5.26 Å². The van der Waals surface area contributed by atoms with E-state index in [9.17, 15) is 9.65 Å². The van der Waals surface area contributed by atoms with Crippen LogP contribution in [0, 0.1) is 17.1 Å². The molecule has 0 aliphatic heterocycles. The van der Waals surface area contributed by atoms with Crippen LogP contribution in [0.15, 0.2) is 30.6 Å². The fraction of sp³-hybridized carbons (Fsp3) is 0.316. The van der Waals surface area contributed by atoms with Gasteiger partial charge in [-0.25, -0.2) is 9.37 Å². The van der Waals surface area contributed by atoms with Crippen LogP contribution in [0.25, 0.3) is 11.6 Å². The van der Waals surface area contributed by atoms with Gasteiger partial charge in [-0.1, -0.05) is 0 Å². The minimum atomic E-state index is -0.494. The van der Waals surface area contributed by atoms with Crippen molar-refractivity contribution in [3.8, 4) is 17.7 Å². The number of allylic oxidation sites excluding steroid dienone is 1. The van der Waals surface area contributed by atoms with E-state index in [1.54, 1.807) is 19.2 Å². The summed E-state index contributed by atoms with van der Waals surface area (Å²) in [6, 6.07) is 6.94. The topological polar surface area (TPSA) is 68.0 Å². The van der Waals surface area contributed by atoms with Crippen molar-refractivity contribution in [2.75, 3.05) is 7.11 Å². The molecule has 1 fully saturated rings. The molecule has 1 aliphatic carbocycles. The lowest BCUT2D eigenvalue weighted by molar-refractivity contribution is 0.191. The molecule has 5 nitrogen and oxygen atoms in total. The average Bonchev–Trinajstić information content (AvgIpc) is 3.14. The summed E-state index contributed by atoms with van der Waals surface area (Å²) in [5.41, 5.74) is 0.930. The van der Waals surface area contributed by atoms with Gasteiger partial charge in [0.2, 0.25) is 0 Å².